The quantitative estimate of drug-likeness (QED) is 0.876. The molecule has 2 aromatic rings. The van der Waals surface area contributed by atoms with E-state index in [9.17, 15) is 0 Å². The number of nitrogens with zero attached hydrogens (tertiary/aromatic N) is 2. The van der Waals surface area contributed by atoms with Gasteiger partial charge in [-0.3, -0.25) is 0 Å². The number of benzene rings is 1. The topological polar surface area (TPSA) is 29.9 Å². The van der Waals surface area contributed by atoms with Crippen molar-refractivity contribution in [3.63, 3.8) is 0 Å². The zero-order valence-corrected chi connectivity index (χ0v) is 10.8. The lowest BCUT2D eigenvalue weighted by molar-refractivity contribution is 0.412. The van der Waals surface area contributed by atoms with Crippen molar-refractivity contribution >= 4 is 0 Å². The van der Waals surface area contributed by atoms with Crippen molar-refractivity contribution in [3.05, 3.63) is 42.4 Å². The SMILES string of the molecule is Cn1cnc(-c2ccc(C3CCCCN3)cc2)c1. The molecule has 2 heterocycles. The van der Waals surface area contributed by atoms with Crippen molar-refractivity contribution < 1.29 is 0 Å². The monoisotopic (exact) mass is 241 g/mol. The highest BCUT2D eigenvalue weighted by Gasteiger charge is 2.14. The molecule has 94 valence electrons. The first-order valence-electron chi connectivity index (χ1n) is 6.64. The van der Waals surface area contributed by atoms with E-state index in [2.05, 4.69) is 34.6 Å². The van der Waals surface area contributed by atoms with Gasteiger partial charge in [-0.1, -0.05) is 30.7 Å². The van der Waals surface area contributed by atoms with Gasteiger partial charge in [-0.15, -0.1) is 0 Å². The summed E-state index contributed by atoms with van der Waals surface area (Å²) in [6.45, 7) is 1.15. The van der Waals surface area contributed by atoms with E-state index in [1.54, 1.807) is 0 Å². The number of aromatic nitrogens is 2. The van der Waals surface area contributed by atoms with Gasteiger partial charge in [0.1, 0.15) is 0 Å². The second-order valence-electron chi connectivity index (χ2n) is 5.05. The molecule has 1 aromatic carbocycles. The Balaban J connectivity index is 1.80. The Hall–Kier alpha value is -1.61. The molecule has 0 amide bonds. The molecule has 1 aromatic heterocycles. The summed E-state index contributed by atoms with van der Waals surface area (Å²) in [4.78, 5) is 4.38. The van der Waals surface area contributed by atoms with Crippen LogP contribution in [0.3, 0.4) is 0 Å². The van der Waals surface area contributed by atoms with Crippen molar-refractivity contribution in [3.8, 4) is 11.3 Å². The van der Waals surface area contributed by atoms with Crippen LogP contribution >= 0.6 is 0 Å². The number of piperidine rings is 1. The molecule has 1 N–H and O–H groups in total. The standard InChI is InChI=1S/C15H19N3/c1-18-10-15(17-11-18)13-7-5-12(6-8-13)14-4-2-3-9-16-14/h5-8,10-11,14,16H,2-4,9H2,1H3. The molecule has 1 atom stereocenters. The number of hydrogen-bond acceptors (Lipinski definition) is 2. The minimum atomic E-state index is 0.538. The summed E-state index contributed by atoms with van der Waals surface area (Å²) >= 11 is 0. The van der Waals surface area contributed by atoms with Crippen LogP contribution < -0.4 is 5.32 Å². The summed E-state index contributed by atoms with van der Waals surface area (Å²) in [6, 6.07) is 9.35. The number of rotatable bonds is 2. The smallest absolute Gasteiger partial charge is 0.0951 e. The van der Waals surface area contributed by atoms with Crippen LogP contribution in [0.15, 0.2) is 36.8 Å². The lowest BCUT2D eigenvalue weighted by Crippen LogP contribution is -2.26. The lowest BCUT2D eigenvalue weighted by atomic mass is 9.96. The van der Waals surface area contributed by atoms with Crippen LogP contribution in [0.5, 0.6) is 0 Å². The summed E-state index contributed by atoms with van der Waals surface area (Å²) in [5.41, 5.74) is 3.63. The molecule has 1 unspecified atom stereocenters. The molecule has 1 saturated heterocycles. The maximum Gasteiger partial charge on any atom is 0.0951 e. The van der Waals surface area contributed by atoms with Gasteiger partial charge in [0.05, 0.1) is 12.0 Å². The Morgan fingerprint density at radius 1 is 1.22 bits per heavy atom. The van der Waals surface area contributed by atoms with E-state index in [0.717, 1.165) is 12.2 Å². The van der Waals surface area contributed by atoms with Crippen molar-refractivity contribution in [1.29, 1.82) is 0 Å². The largest absolute Gasteiger partial charge is 0.340 e. The van der Waals surface area contributed by atoms with E-state index in [1.165, 1.54) is 30.4 Å². The van der Waals surface area contributed by atoms with Gasteiger partial charge in [0, 0.05) is 24.8 Å². The maximum atomic E-state index is 4.38. The average Bonchev–Trinajstić information content (AvgIpc) is 2.87. The molecule has 0 aliphatic carbocycles. The minimum Gasteiger partial charge on any atom is -0.340 e. The molecule has 3 rings (SSSR count). The van der Waals surface area contributed by atoms with Crippen molar-refractivity contribution in [2.24, 2.45) is 7.05 Å². The first-order chi connectivity index (χ1) is 8.83. The first kappa shape index (κ1) is 11.5. The third-order valence-electron chi connectivity index (χ3n) is 3.62. The first-order valence-corrected chi connectivity index (χ1v) is 6.64. The molecule has 18 heavy (non-hydrogen) atoms. The molecule has 1 fully saturated rings. The fourth-order valence-electron chi connectivity index (χ4n) is 2.58. The van der Waals surface area contributed by atoms with Gasteiger partial charge >= 0.3 is 0 Å². The van der Waals surface area contributed by atoms with Crippen LogP contribution in [0.4, 0.5) is 0 Å². The second-order valence-corrected chi connectivity index (χ2v) is 5.05. The number of aryl methyl sites for hydroxylation is 1. The van der Waals surface area contributed by atoms with Crippen LogP contribution in [-0.4, -0.2) is 16.1 Å². The summed E-state index contributed by atoms with van der Waals surface area (Å²) in [7, 11) is 2.00. The highest BCUT2D eigenvalue weighted by atomic mass is 15.0. The summed E-state index contributed by atoms with van der Waals surface area (Å²) < 4.78 is 1.98. The third-order valence-corrected chi connectivity index (χ3v) is 3.62. The summed E-state index contributed by atoms with van der Waals surface area (Å²) in [6.07, 6.45) is 7.78. The maximum absolute atomic E-state index is 4.38. The van der Waals surface area contributed by atoms with E-state index in [-0.39, 0.29) is 0 Å². The minimum absolute atomic E-state index is 0.538. The van der Waals surface area contributed by atoms with Crippen molar-refractivity contribution in [2.75, 3.05) is 6.54 Å². The predicted octanol–water partition coefficient (Wildman–Crippen LogP) is 2.90. The summed E-state index contributed by atoms with van der Waals surface area (Å²) in [5.74, 6) is 0. The van der Waals surface area contributed by atoms with E-state index in [0.29, 0.717) is 6.04 Å². The molecular formula is C15H19N3. The third kappa shape index (κ3) is 2.31. The van der Waals surface area contributed by atoms with Gasteiger partial charge in [0.2, 0.25) is 0 Å². The Morgan fingerprint density at radius 2 is 2.06 bits per heavy atom. The van der Waals surface area contributed by atoms with Gasteiger partial charge in [-0.05, 0) is 24.9 Å². The highest BCUT2D eigenvalue weighted by molar-refractivity contribution is 5.58. The highest BCUT2D eigenvalue weighted by Crippen LogP contribution is 2.25. The van der Waals surface area contributed by atoms with Crippen LogP contribution in [0.1, 0.15) is 30.9 Å². The normalized spacial score (nSPS) is 19.9. The molecule has 1 aliphatic rings. The molecule has 3 heteroatoms. The molecule has 3 nitrogen and oxygen atoms in total. The van der Waals surface area contributed by atoms with Crippen molar-refractivity contribution in [1.82, 2.24) is 14.9 Å². The van der Waals surface area contributed by atoms with Crippen LogP contribution in [-0.2, 0) is 7.05 Å². The molecule has 0 saturated carbocycles. The van der Waals surface area contributed by atoms with E-state index < -0.39 is 0 Å². The lowest BCUT2D eigenvalue weighted by Gasteiger charge is -2.23. The van der Waals surface area contributed by atoms with Crippen LogP contribution in [0, 0.1) is 0 Å². The van der Waals surface area contributed by atoms with Gasteiger partial charge in [-0.25, -0.2) is 4.98 Å². The Kier molecular flexibility index (Phi) is 3.15. The van der Waals surface area contributed by atoms with E-state index in [4.69, 9.17) is 0 Å². The second kappa shape index (κ2) is 4.94. The van der Waals surface area contributed by atoms with Crippen LogP contribution in [0.25, 0.3) is 11.3 Å². The van der Waals surface area contributed by atoms with Gasteiger partial charge < -0.3 is 9.88 Å². The molecular weight excluding hydrogens is 222 g/mol. The molecule has 0 spiro atoms. The Morgan fingerprint density at radius 3 is 2.67 bits per heavy atom. The fraction of sp³-hybridized carbons (Fsp3) is 0.400. The number of imidazole rings is 1. The summed E-state index contributed by atoms with van der Waals surface area (Å²) in [5, 5.41) is 3.58. The number of hydrogen-bond donors (Lipinski definition) is 1. The van der Waals surface area contributed by atoms with Gasteiger partial charge in [-0.2, -0.15) is 0 Å². The molecule has 0 bridgehead atoms. The Labute approximate surface area is 108 Å². The van der Waals surface area contributed by atoms with Crippen LogP contribution in [0.2, 0.25) is 0 Å². The van der Waals surface area contributed by atoms with Crippen molar-refractivity contribution in [2.45, 2.75) is 25.3 Å². The molecule has 1 aliphatic heterocycles. The predicted molar refractivity (Wildman–Crippen MR) is 73.2 cm³/mol. The van der Waals surface area contributed by atoms with E-state index >= 15 is 0 Å². The molecule has 0 radical (unpaired) electrons. The van der Waals surface area contributed by atoms with Gasteiger partial charge in [0.25, 0.3) is 0 Å². The Bertz CT molecular complexity index is 507. The van der Waals surface area contributed by atoms with E-state index in [1.807, 2.05) is 24.1 Å². The fourth-order valence-corrected chi connectivity index (χ4v) is 2.58. The van der Waals surface area contributed by atoms with Gasteiger partial charge in [0.15, 0.2) is 0 Å². The zero-order chi connectivity index (χ0) is 12.4. The number of nitrogens with one attached hydrogen (secondary N) is 1. The zero-order valence-electron chi connectivity index (χ0n) is 10.8. The average molecular weight is 241 g/mol.